The van der Waals surface area contributed by atoms with Crippen LogP contribution in [0.3, 0.4) is 0 Å². The molecule has 184 valence electrons. The Hall–Kier alpha value is -3.65. The van der Waals surface area contributed by atoms with Gasteiger partial charge in [0.1, 0.15) is 6.67 Å². The summed E-state index contributed by atoms with van der Waals surface area (Å²) < 4.78 is 25.7. The van der Waals surface area contributed by atoms with Crippen LogP contribution in [-0.4, -0.2) is 48.0 Å². The number of hydrogen-bond donors (Lipinski definition) is 0. The lowest BCUT2D eigenvalue weighted by Crippen LogP contribution is -2.13. The van der Waals surface area contributed by atoms with Crippen molar-refractivity contribution >= 4 is 11.6 Å². The summed E-state index contributed by atoms with van der Waals surface area (Å²) in [5.41, 5.74) is 6.25. The highest BCUT2D eigenvalue weighted by molar-refractivity contribution is 6.31. The molecule has 0 radical (unpaired) electrons. The molecule has 0 saturated heterocycles. The van der Waals surface area contributed by atoms with Gasteiger partial charge >= 0.3 is 0 Å². The average Bonchev–Trinajstić information content (AvgIpc) is 3.33. The lowest BCUT2D eigenvalue weighted by Gasteiger charge is -2.13. The molecule has 0 saturated carbocycles. The number of rotatable bonds is 8. The van der Waals surface area contributed by atoms with Crippen molar-refractivity contribution in [1.82, 2.24) is 19.6 Å². The average molecular weight is 497 g/mol. The minimum atomic E-state index is 0.386. The number of halogens is 1. The Morgan fingerprint density at radius 1 is 0.714 bits per heavy atom. The largest absolute Gasteiger partial charge is 0.493 e. The first-order valence-corrected chi connectivity index (χ1v) is 11.4. The summed E-state index contributed by atoms with van der Waals surface area (Å²) in [4.78, 5) is 0. The van der Waals surface area contributed by atoms with Gasteiger partial charge in [0.2, 0.25) is 0 Å². The zero-order valence-electron chi connectivity index (χ0n) is 21.0. The van der Waals surface area contributed by atoms with E-state index >= 15 is 0 Å². The molecule has 9 heteroatoms. The van der Waals surface area contributed by atoms with Crippen LogP contribution < -0.4 is 18.9 Å². The zero-order chi connectivity index (χ0) is 25.3. The van der Waals surface area contributed by atoms with Crippen molar-refractivity contribution in [3.63, 3.8) is 0 Å². The van der Waals surface area contributed by atoms with Gasteiger partial charge in [0, 0.05) is 16.7 Å². The van der Waals surface area contributed by atoms with Crippen LogP contribution in [0.2, 0.25) is 5.02 Å². The molecule has 0 fully saturated rings. The van der Waals surface area contributed by atoms with Crippen LogP contribution in [-0.2, 0) is 6.67 Å². The van der Waals surface area contributed by atoms with E-state index in [9.17, 15) is 0 Å². The van der Waals surface area contributed by atoms with Gasteiger partial charge in [-0.3, -0.25) is 0 Å². The summed E-state index contributed by atoms with van der Waals surface area (Å²) in [6, 6.07) is 11.6. The molecule has 2 aromatic carbocycles. The molecule has 0 bridgehead atoms. The van der Waals surface area contributed by atoms with Gasteiger partial charge in [-0.05, 0) is 57.2 Å². The van der Waals surface area contributed by atoms with E-state index < -0.39 is 0 Å². The second kappa shape index (κ2) is 9.92. The van der Waals surface area contributed by atoms with Crippen LogP contribution in [0.4, 0.5) is 0 Å². The summed E-state index contributed by atoms with van der Waals surface area (Å²) in [5.74, 6) is 2.59. The Labute approximate surface area is 209 Å². The van der Waals surface area contributed by atoms with Crippen molar-refractivity contribution in [2.24, 2.45) is 0 Å². The molecule has 8 nitrogen and oxygen atoms in total. The lowest BCUT2D eigenvalue weighted by molar-refractivity contribution is 0.355. The van der Waals surface area contributed by atoms with Gasteiger partial charge in [0.05, 0.1) is 56.2 Å². The number of aromatic nitrogens is 4. The van der Waals surface area contributed by atoms with Crippen molar-refractivity contribution < 1.29 is 18.9 Å². The second-order valence-corrected chi connectivity index (χ2v) is 8.46. The first kappa shape index (κ1) is 24.5. The molecule has 0 atom stereocenters. The highest BCUT2D eigenvalue weighted by atomic mass is 35.5. The first-order valence-electron chi connectivity index (χ1n) is 11.0. The molecule has 4 rings (SSSR count). The number of aryl methyl sites for hydroxylation is 1. The molecule has 0 unspecified atom stereocenters. The van der Waals surface area contributed by atoms with E-state index in [1.807, 2.05) is 59.6 Å². The van der Waals surface area contributed by atoms with Crippen molar-refractivity contribution in [3.8, 4) is 45.5 Å². The molecule has 0 aliphatic rings. The molecule has 0 spiro atoms. The van der Waals surface area contributed by atoms with Crippen molar-refractivity contribution in [2.75, 3.05) is 28.4 Å². The van der Waals surface area contributed by atoms with Crippen molar-refractivity contribution in [3.05, 3.63) is 58.4 Å². The monoisotopic (exact) mass is 496 g/mol. The molecule has 0 N–H and O–H groups in total. The van der Waals surface area contributed by atoms with E-state index in [2.05, 4.69) is 12.0 Å². The Morgan fingerprint density at radius 3 is 1.77 bits per heavy atom. The molecule has 35 heavy (non-hydrogen) atoms. The number of ether oxygens (including phenoxy) is 4. The van der Waals surface area contributed by atoms with Crippen LogP contribution >= 0.6 is 11.6 Å². The van der Waals surface area contributed by atoms with Gasteiger partial charge in [-0.1, -0.05) is 11.6 Å². The lowest BCUT2D eigenvalue weighted by atomic mass is 10.0. The maximum absolute atomic E-state index is 6.42. The summed E-state index contributed by atoms with van der Waals surface area (Å²) in [6.07, 6.45) is 0. The molecule has 0 aliphatic heterocycles. The second-order valence-electron chi connectivity index (χ2n) is 8.09. The van der Waals surface area contributed by atoms with E-state index in [4.69, 9.17) is 35.6 Å². The summed E-state index contributed by atoms with van der Waals surface area (Å²) >= 11 is 6.42. The van der Waals surface area contributed by atoms with Crippen LogP contribution in [0.15, 0.2) is 36.4 Å². The third kappa shape index (κ3) is 4.41. The first-order chi connectivity index (χ1) is 16.8. The van der Waals surface area contributed by atoms with Gasteiger partial charge in [0.15, 0.2) is 23.0 Å². The van der Waals surface area contributed by atoms with E-state index in [0.29, 0.717) is 34.7 Å². The number of nitrogens with zero attached hydrogens (tertiary/aromatic N) is 4. The minimum absolute atomic E-state index is 0.386. The predicted octanol–water partition coefficient (Wildman–Crippen LogP) is 5.53. The summed E-state index contributed by atoms with van der Waals surface area (Å²) in [6.45, 7) is 6.28. The van der Waals surface area contributed by atoms with E-state index in [1.54, 1.807) is 28.4 Å². The SMILES string of the molecule is COc1ccc(-c2nn(Cn3nc(C)c(Cl)c3C)c(-c3ccc(OC)c(OC)c3)c2C)cc1OC. The smallest absolute Gasteiger partial charge is 0.161 e. The van der Waals surface area contributed by atoms with E-state index in [1.165, 1.54) is 0 Å². The summed E-state index contributed by atoms with van der Waals surface area (Å²) in [7, 11) is 6.48. The number of benzene rings is 2. The minimum Gasteiger partial charge on any atom is -0.493 e. The van der Waals surface area contributed by atoms with Crippen LogP contribution in [0.1, 0.15) is 17.0 Å². The molecule has 2 aromatic heterocycles. The molecule has 0 aliphatic carbocycles. The Balaban J connectivity index is 1.91. The van der Waals surface area contributed by atoms with Crippen LogP contribution in [0, 0.1) is 20.8 Å². The molecule has 2 heterocycles. The van der Waals surface area contributed by atoms with Gasteiger partial charge in [0.25, 0.3) is 0 Å². The Kier molecular flexibility index (Phi) is 6.93. The summed E-state index contributed by atoms with van der Waals surface area (Å²) in [5, 5.41) is 10.3. The normalized spacial score (nSPS) is 11.0. The van der Waals surface area contributed by atoms with Gasteiger partial charge in [-0.25, -0.2) is 9.36 Å². The van der Waals surface area contributed by atoms with Gasteiger partial charge in [-0.2, -0.15) is 10.2 Å². The molecule has 0 amide bonds. The Morgan fingerprint density at radius 2 is 1.26 bits per heavy atom. The molecule has 4 aromatic rings. The van der Waals surface area contributed by atoms with E-state index in [0.717, 1.165) is 39.5 Å². The predicted molar refractivity (Wildman–Crippen MR) is 136 cm³/mol. The zero-order valence-corrected chi connectivity index (χ0v) is 21.7. The third-order valence-electron chi connectivity index (χ3n) is 6.06. The van der Waals surface area contributed by atoms with Crippen molar-refractivity contribution in [2.45, 2.75) is 27.4 Å². The van der Waals surface area contributed by atoms with Gasteiger partial charge < -0.3 is 18.9 Å². The fourth-order valence-corrected chi connectivity index (χ4v) is 4.34. The van der Waals surface area contributed by atoms with E-state index in [-0.39, 0.29) is 0 Å². The van der Waals surface area contributed by atoms with Crippen LogP contribution in [0.25, 0.3) is 22.5 Å². The number of methoxy groups -OCH3 is 4. The quantitative estimate of drug-likeness (QED) is 0.319. The molecular formula is C26H29ClN4O4. The maximum Gasteiger partial charge on any atom is 0.161 e. The maximum atomic E-state index is 6.42. The highest BCUT2D eigenvalue weighted by Gasteiger charge is 2.21. The van der Waals surface area contributed by atoms with Crippen LogP contribution in [0.5, 0.6) is 23.0 Å². The fraction of sp³-hybridized carbons (Fsp3) is 0.308. The standard InChI is InChI=1S/C26H29ClN4O4/c1-15-25(18-8-10-20(32-4)22(12-18)34-6)29-31(14-30-17(3)24(27)16(2)28-30)26(15)19-9-11-21(33-5)23(13-19)35-7/h8-13H,14H2,1-7H3. The highest BCUT2D eigenvalue weighted by Crippen LogP contribution is 2.39. The number of hydrogen-bond acceptors (Lipinski definition) is 6. The molecular weight excluding hydrogens is 468 g/mol. The third-order valence-corrected chi connectivity index (χ3v) is 6.61. The van der Waals surface area contributed by atoms with Crippen molar-refractivity contribution in [1.29, 1.82) is 0 Å². The fourth-order valence-electron chi connectivity index (χ4n) is 4.20. The van der Waals surface area contributed by atoms with Gasteiger partial charge in [-0.15, -0.1) is 0 Å². The topological polar surface area (TPSA) is 72.6 Å². The Bertz CT molecular complexity index is 1380.